The zero-order valence-electron chi connectivity index (χ0n) is 10.6. The Balaban J connectivity index is 2.28. The molecule has 0 aliphatic rings. The van der Waals surface area contributed by atoms with Gasteiger partial charge in [-0.2, -0.15) is 0 Å². The maximum Gasteiger partial charge on any atom is 0.303 e. The molecular weight excluding hydrogens is 270 g/mol. The van der Waals surface area contributed by atoms with Gasteiger partial charge in [-0.3, -0.25) is 9.59 Å². The van der Waals surface area contributed by atoms with Crippen LogP contribution < -0.4 is 10.1 Å². The number of amides is 1. The fourth-order valence-corrected chi connectivity index (χ4v) is 1.66. The summed E-state index contributed by atoms with van der Waals surface area (Å²) < 4.78 is 5.34. The average molecular weight is 286 g/mol. The zero-order chi connectivity index (χ0) is 14.3. The minimum absolute atomic E-state index is 0.0391. The van der Waals surface area contributed by atoms with Gasteiger partial charge >= 0.3 is 5.97 Å². The molecule has 0 aliphatic heterocycles. The lowest BCUT2D eigenvalue weighted by Crippen LogP contribution is -2.30. The first-order valence-corrected chi connectivity index (χ1v) is 6.24. The summed E-state index contributed by atoms with van der Waals surface area (Å²) in [7, 11) is 0. The Morgan fingerprint density at radius 1 is 1.42 bits per heavy atom. The summed E-state index contributed by atoms with van der Waals surface area (Å²) in [5.41, 5.74) is 0.853. The predicted octanol–water partition coefficient (Wildman–Crippen LogP) is 2.01. The minimum atomic E-state index is -0.873. The van der Waals surface area contributed by atoms with E-state index in [1.54, 1.807) is 18.2 Å². The third-order valence-corrected chi connectivity index (χ3v) is 2.62. The molecule has 1 aromatic rings. The standard InChI is InChI=1S/C13H16ClNO4/c1-9-7-10(14)4-5-11(9)19-8-12(16)15-6-2-3-13(17)18/h4-5,7H,2-3,6,8H2,1H3,(H,15,16)(H,17,18). The summed E-state index contributed by atoms with van der Waals surface area (Å²) in [4.78, 5) is 21.7. The van der Waals surface area contributed by atoms with E-state index in [0.29, 0.717) is 23.7 Å². The van der Waals surface area contributed by atoms with Gasteiger partial charge in [0.25, 0.3) is 5.91 Å². The van der Waals surface area contributed by atoms with Crippen molar-refractivity contribution in [1.29, 1.82) is 0 Å². The smallest absolute Gasteiger partial charge is 0.303 e. The SMILES string of the molecule is Cc1cc(Cl)ccc1OCC(=O)NCCCC(=O)O. The molecule has 0 fully saturated rings. The maximum absolute atomic E-state index is 11.4. The van der Waals surface area contributed by atoms with Crippen molar-refractivity contribution in [1.82, 2.24) is 5.32 Å². The number of rotatable bonds is 7. The van der Waals surface area contributed by atoms with E-state index in [2.05, 4.69) is 5.32 Å². The Bertz CT molecular complexity index is 462. The van der Waals surface area contributed by atoms with E-state index in [-0.39, 0.29) is 18.9 Å². The second kappa shape index (κ2) is 7.63. The highest BCUT2D eigenvalue weighted by Gasteiger charge is 2.05. The normalized spacial score (nSPS) is 10.0. The van der Waals surface area contributed by atoms with Crippen LogP contribution in [-0.2, 0) is 9.59 Å². The Kier molecular flexibility index (Phi) is 6.15. The van der Waals surface area contributed by atoms with E-state index in [9.17, 15) is 9.59 Å². The topological polar surface area (TPSA) is 75.6 Å². The third kappa shape index (κ3) is 6.10. The number of carboxylic acids is 1. The minimum Gasteiger partial charge on any atom is -0.484 e. The molecule has 1 amide bonds. The van der Waals surface area contributed by atoms with Gasteiger partial charge in [0.1, 0.15) is 5.75 Å². The summed E-state index contributed by atoms with van der Waals surface area (Å²) in [5, 5.41) is 11.6. The number of carboxylic acid groups (broad SMARTS) is 1. The molecule has 0 aromatic heterocycles. The molecule has 0 bridgehead atoms. The molecule has 0 unspecified atom stereocenters. The van der Waals surface area contributed by atoms with E-state index < -0.39 is 5.97 Å². The highest BCUT2D eigenvalue weighted by atomic mass is 35.5. The van der Waals surface area contributed by atoms with E-state index in [1.807, 2.05) is 6.92 Å². The maximum atomic E-state index is 11.4. The number of benzene rings is 1. The first-order chi connectivity index (χ1) is 8.99. The van der Waals surface area contributed by atoms with Crippen molar-refractivity contribution < 1.29 is 19.4 Å². The number of aliphatic carboxylic acids is 1. The van der Waals surface area contributed by atoms with E-state index in [0.717, 1.165) is 5.56 Å². The number of aryl methyl sites for hydroxylation is 1. The van der Waals surface area contributed by atoms with E-state index in [1.165, 1.54) is 0 Å². The van der Waals surface area contributed by atoms with Gasteiger partial charge in [0, 0.05) is 18.0 Å². The number of halogens is 1. The molecule has 1 rings (SSSR count). The Morgan fingerprint density at radius 2 is 2.16 bits per heavy atom. The van der Waals surface area contributed by atoms with Crippen LogP contribution in [0.4, 0.5) is 0 Å². The highest BCUT2D eigenvalue weighted by Crippen LogP contribution is 2.21. The fourth-order valence-electron chi connectivity index (χ4n) is 1.44. The average Bonchev–Trinajstić information content (AvgIpc) is 2.33. The molecule has 19 heavy (non-hydrogen) atoms. The Labute approximate surface area is 116 Å². The number of hydrogen-bond donors (Lipinski definition) is 2. The van der Waals surface area contributed by atoms with Gasteiger partial charge in [0.2, 0.25) is 0 Å². The van der Waals surface area contributed by atoms with Crippen LogP contribution in [0.1, 0.15) is 18.4 Å². The van der Waals surface area contributed by atoms with Gasteiger partial charge in [-0.05, 0) is 37.1 Å². The van der Waals surface area contributed by atoms with Crippen molar-refractivity contribution in [3.63, 3.8) is 0 Å². The fraction of sp³-hybridized carbons (Fsp3) is 0.385. The van der Waals surface area contributed by atoms with Crippen LogP contribution in [0.2, 0.25) is 5.02 Å². The monoisotopic (exact) mass is 285 g/mol. The number of carbonyl (C=O) groups excluding carboxylic acids is 1. The van der Waals surface area contributed by atoms with Gasteiger partial charge in [-0.25, -0.2) is 0 Å². The van der Waals surface area contributed by atoms with Crippen LogP contribution in [0.25, 0.3) is 0 Å². The van der Waals surface area contributed by atoms with Crippen LogP contribution in [-0.4, -0.2) is 30.1 Å². The summed E-state index contributed by atoms with van der Waals surface area (Å²) in [6, 6.07) is 5.14. The quantitative estimate of drug-likeness (QED) is 0.752. The van der Waals surface area contributed by atoms with Gasteiger partial charge in [0.05, 0.1) is 0 Å². The molecule has 0 spiro atoms. The van der Waals surface area contributed by atoms with E-state index >= 15 is 0 Å². The number of ether oxygens (including phenoxy) is 1. The molecule has 0 radical (unpaired) electrons. The molecular formula is C13H16ClNO4. The molecule has 0 aliphatic carbocycles. The highest BCUT2D eigenvalue weighted by molar-refractivity contribution is 6.30. The van der Waals surface area contributed by atoms with Gasteiger partial charge < -0.3 is 15.2 Å². The summed E-state index contributed by atoms with van der Waals surface area (Å²) >= 11 is 5.81. The lowest BCUT2D eigenvalue weighted by molar-refractivity contribution is -0.137. The van der Waals surface area contributed by atoms with Crippen molar-refractivity contribution in [3.05, 3.63) is 28.8 Å². The molecule has 0 heterocycles. The molecule has 0 saturated heterocycles. The molecule has 5 nitrogen and oxygen atoms in total. The van der Waals surface area contributed by atoms with Crippen LogP contribution >= 0.6 is 11.6 Å². The first-order valence-electron chi connectivity index (χ1n) is 5.86. The zero-order valence-corrected chi connectivity index (χ0v) is 11.4. The van der Waals surface area contributed by atoms with E-state index in [4.69, 9.17) is 21.4 Å². The van der Waals surface area contributed by atoms with Crippen molar-refractivity contribution in [2.75, 3.05) is 13.2 Å². The molecule has 6 heteroatoms. The largest absolute Gasteiger partial charge is 0.484 e. The number of carbonyl (C=O) groups is 2. The van der Waals surface area contributed by atoms with Gasteiger partial charge in [-0.15, -0.1) is 0 Å². The second-order valence-corrected chi connectivity index (χ2v) is 4.48. The molecule has 1 aromatic carbocycles. The predicted molar refractivity (Wildman–Crippen MR) is 71.6 cm³/mol. The lowest BCUT2D eigenvalue weighted by Gasteiger charge is -2.09. The van der Waals surface area contributed by atoms with Gasteiger partial charge in [-0.1, -0.05) is 11.6 Å². The van der Waals surface area contributed by atoms with Crippen LogP contribution in [0.3, 0.4) is 0 Å². The van der Waals surface area contributed by atoms with Crippen LogP contribution in [0, 0.1) is 6.92 Å². The Hall–Kier alpha value is -1.75. The van der Waals surface area contributed by atoms with Crippen LogP contribution in [0.15, 0.2) is 18.2 Å². The lowest BCUT2D eigenvalue weighted by atomic mass is 10.2. The molecule has 2 N–H and O–H groups in total. The molecule has 104 valence electrons. The first kappa shape index (κ1) is 15.3. The summed E-state index contributed by atoms with van der Waals surface area (Å²) in [6.45, 7) is 2.07. The summed E-state index contributed by atoms with van der Waals surface area (Å²) in [5.74, 6) is -0.549. The van der Waals surface area contributed by atoms with Crippen molar-refractivity contribution in [2.45, 2.75) is 19.8 Å². The Morgan fingerprint density at radius 3 is 2.79 bits per heavy atom. The second-order valence-electron chi connectivity index (χ2n) is 4.05. The van der Waals surface area contributed by atoms with Crippen molar-refractivity contribution in [2.24, 2.45) is 0 Å². The van der Waals surface area contributed by atoms with Crippen LogP contribution in [0.5, 0.6) is 5.75 Å². The molecule has 0 saturated carbocycles. The van der Waals surface area contributed by atoms with Crippen molar-refractivity contribution in [3.8, 4) is 5.75 Å². The van der Waals surface area contributed by atoms with Crippen molar-refractivity contribution >= 4 is 23.5 Å². The molecule has 0 atom stereocenters. The van der Waals surface area contributed by atoms with Gasteiger partial charge in [0.15, 0.2) is 6.61 Å². The summed E-state index contributed by atoms with van der Waals surface area (Å²) in [6.07, 6.45) is 0.443. The third-order valence-electron chi connectivity index (χ3n) is 2.39. The number of hydrogen-bond acceptors (Lipinski definition) is 3. The number of nitrogens with one attached hydrogen (secondary N) is 1.